The minimum absolute atomic E-state index is 0.0156. The molecule has 2 amide bonds. The van der Waals surface area contributed by atoms with Crippen LogP contribution < -0.4 is 10.2 Å². The van der Waals surface area contributed by atoms with Crippen LogP contribution in [0.15, 0.2) is 48.5 Å². The van der Waals surface area contributed by atoms with Crippen molar-refractivity contribution < 1.29 is 14.3 Å². The van der Waals surface area contributed by atoms with E-state index >= 15 is 0 Å². The van der Waals surface area contributed by atoms with Gasteiger partial charge in [0, 0.05) is 12.3 Å². The van der Waals surface area contributed by atoms with E-state index in [2.05, 4.69) is 12.2 Å². The first kappa shape index (κ1) is 19.8. The molecule has 2 atom stereocenters. The number of hydrogen-bond donors (Lipinski definition) is 1. The summed E-state index contributed by atoms with van der Waals surface area (Å²) in [7, 11) is 0. The number of aromatic nitrogens is 2. The molecule has 1 aromatic heterocycles. The number of fused-ring (bicyclic) bond motifs is 3. The summed E-state index contributed by atoms with van der Waals surface area (Å²) in [6, 6.07) is 14.9. The molecule has 7 heteroatoms. The van der Waals surface area contributed by atoms with E-state index in [1.165, 1.54) is 5.56 Å². The number of carbonyl (C=O) groups excluding carboxylic acids is 2. The van der Waals surface area contributed by atoms with Crippen molar-refractivity contribution in [1.82, 2.24) is 9.55 Å². The summed E-state index contributed by atoms with van der Waals surface area (Å²) in [4.78, 5) is 32.6. The second kappa shape index (κ2) is 8.15. The highest BCUT2D eigenvalue weighted by Gasteiger charge is 2.42. The number of ether oxygens (including phenoxy) is 1. The third-order valence-electron chi connectivity index (χ3n) is 6.12. The van der Waals surface area contributed by atoms with Crippen LogP contribution in [0.1, 0.15) is 37.8 Å². The van der Waals surface area contributed by atoms with Crippen molar-refractivity contribution in [3.63, 3.8) is 0 Å². The molecule has 7 nitrogen and oxygen atoms in total. The maximum Gasteiger partial charge on any atom is 0.253 e. The van der Waals surface area contributed by atoms with E-state index in [4.69, 9.17) is 9.72 Å². The van der Waals surface area contributed by atoms with E-state index < -0.39 is 6.04 Å². The Balaban J connectivity index is 1.41. The first-order valence-electron chi connectivity index (χ1n) is 10.9. The highest BCUT2D eigenvalue weighted by Crippen LogP contribution is 2.37. The fraction of sp³-hybridized carbons (Fsp3) is 0.375. The maximum atomic E-state index is 13.4. The lowest BCUT2D eigenvalue weighted by molar-refractivity contribution is -0.124. The third-order valence-corrected chi connectivity index (χ3v) is 6.12. The van der Waals surface area contributed by atoms with Gasteiger partial charge in [-0.25, -0.2) is 4.98 Å². The third kappa shape index (κ3) is 3.70. The van der Waals surface area contributed by atoms with Gasteiger partial charge in [-0.15, -0.1) is 0 Å². The second-order valence-electron chi connectivity index (χ2n) is 8.17. The number of anilines is 2. The maximum absolute atomic E-state index is 13.4. The number of benzene rings is 2. The highest BCUT2D eigenvalue weighted by molar-refractivity contribution is 6.05. The van der Waals surface area contributed by atoms with Gasteiger partial charge in [-0.2, -0.15) is 0 Å². The summed E-state index contributed by atoms with van der Waals surface area (Å²) in [5.74, 6) is 0.317. The van der Waals surface area contributed by atoms with Crippen molar-refractivity contribution in [2.45, 2.75) is 44.8 Å². The van der Waals surface area contributed by atoms with Crippen LogP contribution in [0, 0.1) is 0 Å². The van der Waals surface area contributed by atoms with E-state index in [0.717, 1.165) is 42.6 Å². The van der Waals surface area contributed by atoms with E-state index in [1.807, 2.05) is 53.1 Å². The van der Waals surface area contributed by atoms with Gasteiger partial charge in [0.25, 0.3) is 5.91 Å². The molecule has 3 aromatic rings. The van der Waals surface area contributed by atoms with Gasteiger partial charge >= 0.3 is 0 Å². The van der Waals surface area contributed by atoms with Crippen LogP contribution in [0.4, 0.5) is 11.6 Å². The minimum Gasteiger partial charge on any atom is -0.376 e. The lowest BCUT2D eigenvalue weighted by Crippen LogP contribution is -2.37. The average molecular weight is 418 g/mol. The Hall–Kier alpha value is -3.19. The summed E-state index contributed by atoms with van der Waals surface area (Å²) in [5.41, 5.74) is 3.64. The van der Waals surface area contributed by atoms with E-state index in [0.29, 0.717) is 12.5 Å². The SMILES string of the molecule is CCc1ccc(NC(=O)C[C@H]2C(=O)N(C[C@H]3CCCO3)c3nc4ccccc4n32)cc1. The van der Waals surface area contributed by atoms with Gasteiger partial charge in [0.05, 0.1) is 30.1 Å². The van der Waals surface area contributed by atoms with Crippen LogP contribution in [0.25, 0.3) is 11.0 Å². The summed E-state index contributed by atoms with van der Waals surface area (Å²) >= 11 is 0. The topological polar surface area (TPSA) is 76.5 Å². The Kier molecular flexibility index (Phi) is 5.19. The fourth-order valence-corrected chi connectivity index (χ4v) is 4.47. The number of carbonyl (C=O) groups is 2. The molecule has 160 valence electrons. The van der Waals surface area contributed by atoms with Gasteiger partial charge in [0.2, 0.25) is 11.9 Å². The number of para-hydroxylation sites is 2. The molecule has 3 heterocycles. The van der Waals surface area contributed by atoms with Gasteiger partial charge in [0.15, 0.2) is 0 Å². The van der Waals surface area contributed by atoms with Crippen molar-refractivity contribution in [2.75, 3.05) is 23.4 Å². The van der Waals surface area contributed by atoms with Gasteiger partial charge in [-0.1, -0.05) is 31.2 Å². The van der Waals surface area contributed by atoms with Crippen molar-refractivity contribution in [3.05, 3.63) is 54.1 Å². The Morgan fingerprint density at radius 1 is 1.19 bits per heavy atom. The molecule has 0 radical (unpaired) electrons. The van der Waals surface area contributed by atoms with Crippen molar-refractivity contribution in [1.29, 1.82) is 0 Å². The summed E-state index contributed by atoms with van der Waals surface area (Å²) in [5, 5.41) is 2.93. The summed E-state index contributed by atoms with van der Waals surface area (Å²) in [6.07, 6.45) is 2.96. The Morgan fingerprint density at radius 2 is 2.00 bits per heavy atom. The molecule has 1 N–H and O–H groups in total. The number of nitrogens with zero attached hydrogens (tertiary/aromatic N) is 3. The standard InChI is InChI=1S/C24H26N4O3/c1-2-16-9-11-17(12-10-16)25-22(29)14-21-23(30)27(15-18-6-5-13-31-18)24-26-19-7-3-4-8-20(19)28(21)24/h3-4,7-12,18,21H,2,5-6,13-15H2,1H3,(H,25,29)/t18-,21+/m1/s1. The smallest absolute Gasteiger partial charge is 0.253 e. The predicted octanol–water partition coefficient (Wildman–Crippen LogP) is 3.69. The van der Waals surface area contributed by atoms with Gasteiger partial charge in [0.1, 0.15) is 6.04 Å². The van der Waals surface area contributed by atoms with Crippen LogP contribution in [-0.2, 0) is 20.7 Å². The number of nitrogens with one attached hydrogen (secondary N) is 1. The van der Waals surface area contributed by atoms with Gasteiger partial charge < -0.3 is 10.1 Å². The number of imidazole rings is 1. The Morgan fingerprint density at radius 3 is 2.74 bits per heavy atom. The zero-order valence-electron chi connectivity index (χ0n) is 17.6. The molecular weight excluding hydrogens is 392 g/mol. The summed E-state index contributed by atoms with van der Waals surface area (Å²) in [6.45, 7) is 3.29. The largest absolute Gasteiger partial charge is 0.376 e. The zero-order chi connectivity index (χ0) is 21.4. The first-order valence-corrected chi connectivity index (χ1v) is 10.9. The van der Waals surface area contributed by atoms with E-state index in [9.17, 15) is 9.59 Å². The zero-order valence-corrected chi connectivity index (χ0v) is 17.6. The van der Waals surface area contributed by atoms with E-state index in [1.54, 1.807) is 4.90 Å². The van der Waals surface area contributed by atoms with Crippen molar-refractivity contribution in [3.8, 4) is 0 Å². The van der Waals surface area contributed by atoms with Crippen LogP contribution in [0.2, 0.25) is 0 Å². The summed E-state index contributed by atoms with van der Waals surface area (Å²) < 4.78 is 7.67. The molecule has 1 fully saturated rings. The lowest BCUT2D eigenvalue weighted by Gasteiger charge is -2.19. The van der Waals surface area contributed by atoms with Crippen LogP contribution in [0.5, 0.6) is 0 Å². The number of rotatable bonds is 6. The van der Waals surface area contributed by atoms with Crippen LogP contribution in [-0.4, -0.2) is 40.6 Å². The van der Waals surface area contributed by atoms with Crippen molar-refractivity contribution in [2.24, 2.45) is 0 Å². The molecule has 0 bridgehead atoms. The Labute approximate surface area is 181 Å². The molecule has 2 aromatic carbocycles. The normalized spacial score (nSPS) is 20.4. The molecule has 0 unspecified atom stereocenters. The molecule has 31 heavy (non-hydrogen) atoms. The number of hydrogen-bond acceptors (Lipinski definition) is 4. The Bertz CT molecular complexity index is 1120. The number of aryl methyl sites for hydroxylation is 1. The fourth-order valence-electron chi connectivity index (χ4n) is 4.47. The molecular formula is C24H26N4O3. The molecule has 0 spiro atoms. The molecule has 5 rings (SSSR count). The predicted molar refractivity (Wildman–Crippen MR) is 119 cm³/mol. The number of amides is 2. The highest BCUT2D eigenvalue weighted by atomic mass is 16.5. The lowest BCUT2D eigenvalue weighted by atomic mass is 10.1. The molecule has 0 saturated carbocycles. The van der Waals surface area contributed by atoms with Crippen LogP contribution in [0.3, 0.4) is 0 Å². The molecule has 2 aliphatic rings. The van der Waals surface area contributed by atoms with Gasteiger partial charge in [-0.05, 0) is 49.1 Å². The monoisotopic (exact) mass is 418 g/mol. The molecule has 0 aliphatic carbocycles. The van der Waals surface area contributed by atoms with Crippen molar-refractivity contribution >= 4 is 34.5 Å². The van der Waals surface area contributed by atoms with Gasteiger partial charge in [-0.3, -0.25) is 19.1 Å². The van der Waals surface area contributed by atoms with Crippen LogP contribution >= 0.6 is 0 Å². The first-order chi connectivity index (χ1) is 15.1. The van der Waals surface area contributed by atoms with E-state index in [-0.39, 0.29) is 24.3 Å². The quantitative estimate of drug-likeness (QED) is 0.662. The minimum atomic E-state index is -0.612. The second-order valence-corrected chi connectivity index (χ2v) is 8.17. The molecule has 1 saturated heterocycles. The molecule has 2 aliphatic heterocycles. The average Bonchev–Trinajstić information content (AvgIpc) is 3.48.